The number of nitriles is 1. The maximum absolute atomic E-state index is 15.4. The Morgan fingerprint density at radius 3 is 2.35 bits per heavy atom. The van der Waals surface area contributed by atoms with Gasteiger partial charge in [0.2, 0.25) is 17.7 Å². The number of benzene rings is 2. The molecule has 0 spiro atoms. The number of hydrogen-bond acceptors (Lipinski definition) is 12. The number of rotatable bonds is 17. The van der Waals surface area contributed by atoms with E-state index < -0.39 is 80.5 Å². The number of carbonyl (C=O) groups is 4. The van der Waals surface area contributed by atoms with Crippen LogP contribution in [0.25, 0.3) is 10.4 Å². The Morgan fingerprint density at radius 2 is 1.72 bits per heavy atom. The number of hydrogen-bond donors (Lipinski definition) is 2. The molecule has 15 nitrogen and oxygen atoms in total. The van der Waals surface area contributed by atoms with E-state index in [0.29, 0.717) is 24.3 Å². The first kappa shape index (κ1) is 51.2. The Balaban J connectivity index is 0.934. The molecule has 4 amide bonds. The molecule has 0 aliphatic carbocycles. The number of thiocarbonyl (C=S) groups is 1. The van der Waals surface area contributed by atoms with Crippen molar-refractivity contribution in [1.82, 2.24) is 25.5 Å². The number of amides is 4. The van der Waals surface area contributed by atoms with Crippen molar-refractivity contribution in [3.63, 3.8) is 0 Å². The highest BCUT2D eigenvalue weighted by atomic mass is 32.1. The van der Waals surface area contributed by atoms with E-state index in [0.717, 1.165) is 51.0 Å². The molecule has 0 unspecified atom stereocenters. The fourth-order valence-electron chi connectivity index (χ4n) is 7.75. The molecule has 68 heavy (non-hydrogen) atoms. The Morgan fingerprint density at radius 1 is 1.03 bits per heavy atom. The van der Waals surface area contributed by atoms with Crippen molar-refractivity contribution in [1.29, 1.82) is 5.26 Å². The van der Waals surface area contributed by atoms with Crippen molar-refractivity contribution in [2.45, 2.75) is 84.7 Å². The zero-order chi connectivity index (χ0) is 49.7. The minimum Gasteiger partial charge on any atom is -0.473 e. The number of ether oxygens (including phenoxy) is 3. The summed E-state index contributed by atoms with van der Waals surface area (Å²) in [5.74, 6) is -5.42. The average molecular weight is 985 g/mol. The molecule has 4 heterocycles. The first-order valence-electron chi connectivity index (χ1n) is 21.4. The summed E-state index contributed by atoms with van der Waals surface area (Å²) in [4.78, 5) is 66.3. The number of pyridine rings is 1. The Bertz CT molecular complexity index is 2600. The van der Waals surface area contributed by atoms with Crippen molar-refractivity contribution in [3.8, 4) is 22.4 Å². The van der Waals surface area contributed by atoms with Crippen LogP contribution in [0, 0.1) is 35.3 Å². The van der Waals surface area contributed by atoms with E-state index in [4.69, 9.17) is 31.7 Å². The van der Waals surface area contributed by atoms with Crippen molar-refractivity contribution < 1.29 is 55.3 Å². The lowest BCUT2D eigenvalue weighted by Gasteiger charge is -2.35. The quantitative estimate of drug-likeness (QED) is 0.0640. The van der Waals surface area contributed by atoms with Gasteiger partial charge in [0.05, 0.1) is 65.1 Å². The van der Waals surface area contributed by atoms with Crippen LogP contribution in [0.15, 0.2) is 54.2 Å². The summed E-state index contributed by atoms with van der Waals surface area (Å²) in [7, 11) is 0. The number of thiazole rings is 1. The molecule has 2 aromatic heterocycles. The van der Waals surface area contributed by atoms with Crippen molar-refractivity contribution >= 4 is 63.7 Å². The molecule has 2 aliphatic rings. The molecule has 2 N–H and O–H groups in total. The molecule has 6 rings (SSSR count). The average Bonchev–Trinajstić information content (AvgIpc) is 3.99. The number of carbonyl (C=O) groups excluding carboxylic acids is 4. The third kappa shape index (κ3) is 11.2. The standard InChI is InChI=1S/C46H49F5N8O7S2/c1-26-37(68-25-55-26)28-11-9-27(10-12-28)22-53-39(61)33-8-7-15-57(33)41(62)38(44(2,3)4)56-34(60)24-65-17-16-64-18-19-66-40-31(47)20-30(23-54-40)59-43(67)58(42(63)45(59,5)6)32-14-13-29(21-52)35(36(32)48)46(49,50)51/h9-14,20,23,25,33,38H,7-8,15-19,22,24H2,1-6H3,(H,53,61)(H,56,60)/t33-,38+/m0/s1. The Labute approximate surface area is 398 Å². The maximum Gasteiger partial charge on any atom is 0.420 e. The number of nitrogens with one attached hydrogen (secondary N) is 2. The highest BCUT2D eigenvalue weighted by Gasteiger charge is 2.52. The number of aryl methyl sites for hydroxylation is 1. The van der Waals surface area contributed by atoms with Gasteiger partial charge in [-0.05, 0) is 74.5 Å². The van der Waals surface area contributed by atoms with Gasteiger partial charge in [0.15, 0.2) is 16.7 Å². The lowest BCUT2D eigenvalue weighted by molar-refractivity contribution is -0.144. The Kier molecular flexibility index (Phi) is 15.8. The van der Waals surface area contributed by atoms with Gasteiger partial charge in [-0.2, -0.15) is 18.4 Å². The first-order chi connectivity index (χ1) is 32.1. The van der Waals surface area contributed by atoms with Crippen LogP contribution in [0.1, 0.15) is 69.8 Å². The molecule has 362 valence electrons. The third-order valence-electron chi connectivity index (χ3n) is 11.2. The highest BCUT2D eigenvalue weighted by Crippen LogP contribution is 2.42. The van der Waals surface area contributed by atoms with E-state index in [2.05, 4.69) is 20.6 Å². The monoisotopic (exact) mass is 984 g/mol. The summed E-state index contributed by atoms with van der Waals surface area (Å²) in [6, 6.07) is 10.0. The zero-order valence-electron chi connectivity index (χ0n) is 38.0. The van der Waals surface area contributed by atoms with Gasteiger partial charge in [0, 0.05) is 19.2 Å². The lowest BCUT2D eigenvalue weighted by atomic mass is 9.85. The van der Waals surface area contributed by atoms with Crippen molar-refractivity contribution in [3.05, 3.63) is 88.2 Å². The van der Waals surface area contributed by atoms with Crippen LogP contribution in [-0.4, -0.2) is 101 Å². The molecule has 4 aromatic rings. The smallest absolute Gasteiger partial charge is 0.420 e. The summed E-state index contributed by atoms with van der Waals surface area (Å²) >= 11 is 6.96. The number of aromatic nitrogens is 2. The van der Waals surface area contributed by atoms with Gasteiger partial charge in [0.25, 0.3) is 11.8 Å². The highest BCUT2D eigenvalue weighted by molar-refractivity contribution is 7.81. The molecule has 0 saturated carbocycles. The van der Waals surface area contributed by atoms with Crippen molar-refractivity contribution in [2.24, 2.45) is 5.41 Å². The lowest BCUT2D eigenvalue weighted by Crippen LogP contribution is -2.58. The van der Waals surface area contributed by atoms with Gasteiger partial charge in [-0.3, -0.25) is 24.1 Å². The number of halogens is 5. The fraction of sp³-hybridized carbons (Fsp3) is 0.435. The summed E-state index contributed by atoms with van der Waals surface area (Å²) in [5, 5.41) is 14.4. The molecule has 2 saturated heterocycles. The van der Waals surface area contributed by atoms with Crippen LogP contribution in [-0.2, 0) is 41.4 Å². The van der Waals surface area contributed by atoms with Crippen LogP contribution < -0.4 is 25.2 Å². The topological polar surface area (TPSA) is 179 Å². The summed E-state index contributed by atoms with van der Waals surface area (Å²) < 4.78 is 88.1. The molecule has 22 heteroatoms. The van der Waals surface area contributed by atoms with Crippen LogP contribution in [0.5, 0.6) is 5.88 Å². The molecule has 2 atom stereocenters. The second kappa shape index (κ2) is 21.0. The summed E-state index contributed by atoms with van der Waals surface area (Å²) in [6.07, 6.45) is -3.02. The Hall–Kier alpha value is -6.15. The van der Waals surface area contributed by atoms with E-state index in [1.54, 1.807) is 16.8 Å². The normalized spacial score (nSPS) is 16.5. The van der Waals surface area contributed by atoms with Gasteiger partial charge < -0.3 is 34.6 Å². The molecular weight excluding hydrogens is 936 g/mol. The minimum atomic E-state index is -5.26. The van der Waals surface area contributed by atoms with Gasteiger partial charge in [-0.25, -0.2) is 18.7 Å². The number of nitrogens with zero attached hydrogens (tertiary/aromatic N) is 6. The predicted molar refractivity (Wildman–Crippen MR) is 244 cm³/mol. The van der Waals surface area contributed by atoms with Crippen molar-refractivity contribution in [2.75, 3.05) is 49.4 Å². The van der Waals surface area contributed by atoms with E-state index in [9.17, 15) is 32.3 Å². The van der Waals surface area contributed by atoms with Gasteiger partial charge >= 0.3 is 6.18 Å². The summed E-state index contributed by atoms with van der Waals surface area (Å²) in [5.41, 5.74) is -1.40. The van der Waals surface area contributed by atoms with Crippen LogP contribution in [0.2, 0.25) is 0 Å². The van der Waals surface area contributed by atoms with E-state index in [-0.39, 0.29) is 57.1 Å². The van der Waals surface area contributed by atoms with Gasteiger partial charge in [0.1, 0.15) is 36.4 Å². The molecule has 2 fully saturated rings. The third-order valence-corrected chi connectivity index (χ3v) is 12.6. The summed E-state index contributed by atoms with van der Waals surface area (Å²) in [6.45, 7) is 10.2. The number of anilines is 2. The second-order valence-electron chi connectivity index (χ2n) is 17.5. The molecule has 0 radical (unpaired) electrons. The van der Waals surface area contributed by atoms with Gasteiger partial charge in [-0.1, -0.05) is 45.0 Å². The number of alkyl halides is 3. The van der Waals surface area contributed by atoms with E-state index >= 15 is 8.78 Å². The predicted octanol–water partition coefficient (Wildman–Crippen LogP) is 6.85. The van der Waals surface area contributed by atoms with Crippen LogP contribution >= 0.6 is 23.6 Å². The molecule has 2 aliphatic heterocycles. The molecular formula is C46H49F5N8O7S2. The minimum absolute atomic E-state index is 0.0178. The van der Waals surface area contributed by atoms with E-state index in [1.807, 2.05) is 52.0 Å². The molecule has 2 aromatic carbocycles. The molecule has 0 bridgehead atoms. The second-order valence-corrected chi connectivity index (χ2v) is 18.7. The largest absolute Gasteiger partial charge is 0.473 e. The number of likely N-dealkylation sites (tertiary alicyclic amines) is 1. The van der Waals surface area contributed by atoms with Crippen LogP contribution in [0.4, 0.5) is 33.3 Å². The van der Waals surface area contributed by atoms with Gasteiger partial charge in [-0.15, -0.1) is 11.3 Å². The SMILES string of the molecule is Cc1ncsc1-c1ccc(CNC(=O)[C@@H]2CCCN2C(=O)[C@@H](NC(=O)COCCOCCOc2ncc(N3C(=S)N(c4ccc(C#N)c(C(F)(F)F)c4F)C(=O)C3(C)C)cc2F)C(C)(C)C)cc1. The first-order valence-corrected chi connectivity index (χ1v) is 22.6. The maximum atomic E-state index is 15.4. The fourth-order valence-corrected chi connectivity index (χ4v) is 9.08. The zero-order valence-corrected chi connectivity index (χ0v) is 39.6. The van der Waals surface area contributed by atoms with E-state index in [1.165, 1.54) is 24.8 Å². The van der Waals surface area contributed by atoms with Crippen LogP contribution in [0.3, 0.4) is 0 Å².